The fourth-order valence-electron chi connectivity index (χ4n) is 2.99. The van der Waals surface area contributed by atoms with Crippen LogP contribution in [-0.4, -0.2) is 56.1 Å². The van der Waals surface area contributed by atoms with Crippen molar-refractivity contribution in [3.8, 4) is 0 Å². The lowest BCUT2D eigenvalue weighted by Gasteiger charge is -2.37. The molecule has 0 spiro atoms. The number of nitrogens with two attached hydrogens (primary N) is 1. The third-order valence-corrected chi connectivity index (χ3v) is 5.36. The van der Waals surface area contributed by atoms with Crippen LogP contribution in [0.15, 0.2) is 41.8 Å². The molecule has 0 radical (unpaired) electrons. The van der Waals surface area contributed by atoms with Gasteiger partial charge in [0.15, 0.2) is 0 Å². The standard InChI is InChI=1S/C19H29N3O2S.ClH/c1-2-16-25-18-9-5-4-8-17(18)22-13-11-21(12-14-22)10-6-3-7-15-24-19(20)23;/h2,4-5,8-9H,1,3,6-7,10-16H2,(H2,20,23);1H. The van der Waals surface area contributed by atoms with Crippen molar-refractivity contribution >= 4 is 35.9 Å². The third kappa shape index (κ3) is 7.89. The van der Waals surface area contributed by atoms with Crippen LogP contribution >= 0.6 is 24.2 Å². The average molecular weight is 400 g/mol. The molecular formula is C19H30ClN3O2S. The highest BCUT2D eigenvalue weighted by Gasteiger charge is 2.18. The van der Waals surface area contributed by atoms with E-state index in [4.69, 9.17) is 10.5 Å². The summed E-state index contributed by atoms with van der Waals surface area (Å²) in [6.07, 6.45) is 4.36. The van der Waals surface area contributed by atoms with Gasteiger partial charge in [-0.25, -0.2) is 4.79 Å². The minimum Gasteiger partial charge on any atom is -0.450 e. The maximum absolute atomic E-state index is 10.5. The highest BCUT2D eigenvalue weighted by Crippen LogP contribution is 2.30. The van der Waals surface area contributed by atoms with E-state index in [1.807, 2.05) is 17.8 Å². The van der Waals surface area contributed by atoms with Crippen molar-refractivity contribution in [1.29, 1.82) is 0 Å². The third-order valence-electron chi connectivity index (χ3n) is 4.30. The Bertz CT molecular complexity index is 551. The van der Waals surface area contributed by atoms with Crippen LogP contribution in [0, 0.1) is 0 Å². The van der Waals surface area contributed by atoms with Gasteiger partial charge < -0.3 is 15.4 Å². The lowest BCUT2D eigenvalue weighted by Crippen LogP contribution is -2.46. The molecule has 1 aliphatic rings. The van der Waals surface area contributed by atoms with Gasteiger partial charge in [0.05, 0.1) is 12.3 Å². The Balaban J connectivity index is 0.00000338. The number of piperazine rings is 1. The second-order valence-corrected chi connectivity index (χ2v) is 7.19. The Hall–Kier alpha value is -1.37. The zero-order valence-corrected chi connectivity index (χ0v) is 16.9. The summed E-state index contributed by atoms with van der Waals surface area (Å²) < 4.78 is 4.75. The molecular weight excluding hydrogens is 370 g/mol. The molecule has 146 valence electrons. The number of thioether (sulfide) groups is 1. The van der Waals surface area contributed by atoms with Crippen LogP contribution in [0.25, 0.3) is 0 Å². The Kier molecular flexibility index (Phi) is 11.2. The number of carbonyl (C=O) groups is 1. The van der Waals surface area contributed by atoms with E-state index in [0.29, 0.717) is 6.61 Å². The van der Waals surface area contributed by atoms with Crippen LogP contribution in [0.4, 0.5) is 10.5 Å². The molecule has 1 fully saturated rings. The van der Waals surface area contributed by atoms with E-state index < -0.39 is 6.09 Å². The molecule has 2 N–H and O–H groups in total. The predicted molar refractivity (Wildman–Crippen MR) is 113 cm³/mol. The van der Waals surface area contributed by atoms with Gasteiger partial charge in [-0.1, -0.05) is 18.2 Å². The van der Waals surface area contributed by atoms with E-state index in [0.717, 1.165) is 57.7 Å². The molecule has 0 unspecified atom stereocenters. The number of benzene rings is 1. The average Bonchev–Trinajstić information content (AvgIpc) is 2.63. The number of amides is 1. The number of unbranched alkanes of at least 4 members (excludes halogenated alkanes) is 2. The fourth-order valence-corrected chi connectivity index (χ4v) is 3.81. The van der Waals surface area contributed by atoms with Crippen molar-refractivity contribution in [3.05, 3.63) is 36.9 Å². The minimum absolute atomic E-state index is 0. The van der Waals surface area contributed by atoms with Crippen LogP contribution in [-0.2, 0) is 4.74 Å². The van der Waals surface area contributed by atoms with E-state index >= 15 is 0 Å². The van der Waals surface area contributed by atoms with Crippen LogP contribution in [0.1, 0.15) is 19.3 Å². The fraction of sp³-hybridized carbons (Fsp3) is 0.526. The second kappa shape index (κ2) is 12.9. The van der Waals surface area contributed by atoms with Gasteiger partial charge in [0.1, 0.15) is 0 Å². The predicted octanol–water partition coefficient (Wildman–Crippen LogP) is 3.77. The maximum Gasteiger partial charge on any atom is 0.404 e. The summed E-state index contributed by atoms with van der Waals surface area (Å²) in [5, 5.41) is 0. The van der Waals surface area contributed by atoms with Gasteiger partial charge in [-0.3, -0.25) is 4.90 Å². The molecule has 0 aliphatic carbocycles. The summed E-state index contributed by atoms with van der Waals surface area (Å²) in [4.78, 5) is 16.8. The van der Waals surface area contributed by atoms with E-state index in [1.165, 1.54) is 10.6 Å². The number of nitrogens with zero attached hydrogens (tertiary/aromatic N) is 2. The van der Waals surface area contributed by atoms with Gasteiger partial charge >= 0.3 is 6.09 Å². The van der Waals surface area contributed by atoms with Crippen molar-refractivity contribution in [2.45, 2.75) is 24.2 Å². The number of rotatable bonds is 10. The first-order chi connectivity index (χ1) is 12.2. The Morgan fingerprint density at radius 2 is 1.92 bits per heavy atom. The number of hydrogen-bond donors (Lipinski definition) is 1. The zero-order valence-electron chi connectivity index (χ0n) is 15.3. The van der Waals surface area contributed by atoms with Gasteiger partial charge in [0.2, 0.25) is 0 Å². The van der Waals surface area contributed by atoms with Crippen LogP contribution in [0.3, 0.4) is 0 Å². The van der Waals surface area contributed by atoms with Crippen LogP contribution in [0.5, 0.6) is 0 Å². The quantitative estimate of drug-likeness (QED) is 0.368. The molecule has 1 saturated heterocycles. The van der Waals surface area contributed by atoms with Crippen molar-refractivity contribution in [1.82, 2.24) is 4.90 Å². The van der Waals surface area contributed by atoms with E-state index in [1.54, 1.807) is 0 Å². The zero-order chi connectivity index (χ0) is 17.9. The summed E-state index contributed by atoms with van der Waals surface area (Å²) in [5.41, 5.74) is 6.29. The SMILES string of the molecule is C=CCSc1ccccc1N1CCN(CCCCCOC(N)=O)CC1.Cl. The topological polar surface area (TPSA) is 58.8 Å². The first-order valence-corrected chi connectivity index (χ1v) is 9.91. The normalized spacial score (nSPS) is 14.5. The molecule has 7 heteroatoms. The van der Waals surface area contributed by atoms with Crippen LogP contribution < -0.4 is 10.6 Å². The molecule has 5 nitrogen and oxygen atoms in total. The number of halogens is 1. The Morgan fingerprint density at radius 3 is 2.62 bits per heavy atom. The lowest BCUT2D eigenvalue weighted by molar-refractivity contribution is 0.153. The summed E-state index contributed by atoms with van der Waals surface area (Å²) in [7, 11) is 0. The Labute approximate surface area is 167 Å². The molecule has 1 aromatic carbocycles. The van der Waals surface area contributed by atoms with E-state index in [9.17, 15) is 4.79 Å². The van der Waals surface area contributed by atoms with Crippen molar-refractivity contribution in [3.63, 3.8) is 0 Å². The molecule has 1 amide bonds. The molecule has 0 saturated carbocycles. The molecule has 0 aromatic heterocycles. The molecule has 0 atom stereocenters. The van der Waals surface area contributed by atoms with Crippen molar-refractivity contribution in [2.75, 3.05) is 50.0 Å². The number of carbonyl (C=O) groups excluding carboxylic acids is 1. The molecule has 0 bridgehead atoms. The van der Waals surface area contributed by atoms with Gasteiger partial charge in [-0.15, -0.1) is 30.7 Å². The minimum atomic E-state index is -0.678. The van der Waals surface area contributed by atoms with E-state index in [2.05, 4.69) is 40.6 Å². The van der Waals surface area contributed by atoms with Gasteiger partial charge in [0.25, 0.3) is 0 Å². The van der Waals surface area contributed by atoms with Crippen LogP contribution in [0.2, 0.25) is 0 Å². The second-order valence-electron chi connectivity index (χ2n) is 6.12. The molecule has 2 rings (SSSR count). The van der Waals surface area contributed by atoms with Gasteiger partial charge in [-0.05, 0) is 37.9 Å². The number of hydrogen-bond acceptors (Lipinski definition) is 5. The maximum atomic E-state index is 10.5. The Morgan fingerprint density at radius 1 is 1.19 bits per heavy atom. The lowest BCUT2D eigenvalue weighted by atomic mass is 10.2. The number of primary amides is 1. The molecule has 1 heterocycles. The number of para-hydroxylation sites is 1. The number of anilines is 1. The summed E-state index contributed by atoms with van der Waals surface area (Å²) in [6, 6.07) is 8.64. The molecule has 1 aromatic rings. The van der Waals surface area contributed by atoms with Gasteiger partial charge in [-0.2, -0.15) is 0 Å². The highest BCUT2D eigenvalue weighted by atomic mass is 35.5. The molecule has 1 aliphatic heterocycles. The van der Waals surface area contributed by atoms with Crippen molar-refractivity contribution < 1.29 is 9.53 Å². The number of ether oxygens (including phenoxy) is 1. The monoisotopic (exact) mass is 399 g/mol. The van der Waals surface area contributed by atoms with Crippen molar-refractivity contribution in [2.24, 2.45) is 5.73 Å². The largest absolute Gasteiger partial charge is 0.450 e. The first kappa shape index (κ1) is 22.7. The first-order valence-electron chi connectivity index (χ1n) is 8.93. The van der Waals surface area contributed by atoms with E-state index in [-0.39, 0.29) is 12.4 Å². The summed E-state index contributed by atoms with van der Waals surface area (Å²) >= 11 is 1.85. The molecule has 26 heavy (non-hydrogen) atoms. The van der Waals surface area contributed by atoms with Gasteiger partial charge in [0, 0.05) is 36.8 Å². The highest BCUT2D eigenvalue weighted by molar-refractivity contribution is 7.99. The summed E-state index contributed by atoms with van der Waals surface area (Å²) in [6.45, 7) is 9.68. The smallest absolute Gasteiger partial charge is 0.404 e. The summed E-state index contributed by atoms with van der Waals surface area (Å²) in [5.74, 6) is 0.941.